The van der Waals surface area contributed by atoms with Gasteiger partial charge in [0, 0.05) is 0 Å². The van der Waals surface area contributed by atoms with Crippen molar-refractivity contribution in [2.24, 2.45) is 0 Å². The van der Waals surface area contributed by atoms with Crippen LogP contribution in [0.15, 0.2) is 0 Å². The molecule has 4 heavy (non-hydrogen) atoms. The monoisotopic (exact) mass is 362 g/mol. The van der Waals surface area contributed by atoms with E-state index in [-0.39, 0.29) is 24.7 Å². The fraction of sp³-hybridized carbons (Fsp3) is 0. The van der Waals surface area contributed by atoms with Gasteiger partial charge in [-0.05, 0) is 0 Å². The molecule has 0 aromatic rings. The van der Waals surface area contributed by atoms with E-state index in [1.807, 2.05) is 0 Å². The van der Waals surface area contributed by atoms with Gasteiger partial charge in [0.1, 0.15) is 0 Å². The van der Waals surface area contributed by atoms with Crippen LogP contribution in [0.3, 0.4) is 0 Å². The summed E-state index contributed by atoms with van der Waals surface area (Å²) in [6.45, 7) is 0. The Labute approximate surface area is 52.7 Å². The second-order valence-corrected chi connectivity index (χ2v) is 0. The van der Waals surface area contributed by atoms with Crippen molar-refractivity contribution in [2.45, 2.75) is 0 Å². The zero-order valence-electron chi connectivity index (χ0n) is 1.82. The summed E-state index contributed by atoms with van der Waals surface area (Å²) >= 11 is 0.356. The third-order valence-corrected chi connectivity index (χ3v) is 0. The van der Waals surface area contributed by atoms with Crippen molar-refractivity contribution in [1.82, 2.24) is 0 Å². The maximum absolute atomic E-state index is 8.39. The van der Waals surface area contributed by atoms with Crippen molar-refractivity contribution in [1.29, 1.82) is 0 Å². The molecule has 0 heterocycles. The van der Waals surface area contributed by atoms with E-state index in [1.165, 1.54) is 0 Å². The first kappa shape index (κ1) is 8.99. The van der Waals surface area contributed by atoms with E-state index in [0.717, 1.165) is 0 Å². The van der Waals surface area contributed by atoms with Gasteiger partial charge in [-0.2, -0.15) is 0 Å². The molecule has 4 heteroatoms. The molecule has 0 N–H and O–H groups in total. The molecule has 0 aliphatic heterocycles. The van der Waals surface area contributed by atoms with Crippen LogP contribution in [0.4, 0.5) is 0 Å². The summed E-state index contributed by atoms with van der Waals surface area (Å²) in [5, 5.41) is 0. The molecule has 0 fully saturated rings. The molecular formula is HBiO2Sn. The molecule has 0 aliphatic rings. The molecule has 0 amide bonds. The van der Waals surface area contributed by atoms with Crippen molar-refractivity contribution in [3.8, 4) is 0 Å². The van der Waals surface area contributed by atoms with Crippen molar-refractivity contribution in [2.75, 3.05) is 0 Å². The number of rotatable bonds is 0. The van der Waals surface area contributed by atoms with Crippen LogP contribution >= 0.6 is 0 Å². The quantitative estimate of drug-likeness (QED) is 0.505. The predicted molar refractivity (Wildman–Crippen MR) is 14.3 cm³/mol. The Hall–Kier alpha value is 1.28. The van der Waals surface area contributed by atoms with Gasteiger partial charge in [0.2, 0.25) is 0 Å². The van der Waals surface area contributed by atoms with Crippen molar-refractivity contribution in [3.63, 3.8) is 0 Å². The number of hydrogen-bond acceptors (Lipinski definition) is 2. The zero-order valence-corrected chi connectivity index (χ0v) is 8.56. The van der Waals surface area contributed by atoms with Crippen LogP contribution in [0, 0.1) is 0 Å². The Morgan fingerprint density at radius 2 is 1.25 bits per heavy atom. The van der Waals surface area contributed by atoms with E-state index in [1.54, 1.807) is 0 Å². The molecule has 2 radical (unpaired) electrons. The zero-order chi connectivity index (χ0) is 4.00. The van der Waals surface area contributed by atoms with Gasteiger partial charge in [-0.25, -0.2) is 0 Å². The minimum atomic E-state index is 0.0556. The van der Waals surface area contributed by atoms with Crippen LogP contribution in [0.1, 0.15) is 0 Å². The summed E-state index contributed by atoms with van der Waals surface area (Å²) in [6.07, 6.45) is 0. The van der Waals surface area contributed by atoms with E-state index in [2.05, 4.69) is 0 Å². The third-order valence-electron chi connectivity index (χ3n) is 0. The van der Waals surface area contributed by atoms with Crippen LogP contribution < -0.4 is 0 Å². The Bertz CT molecular complexity index is 8.00. The van der Waals surface area contributed by atoms with E-state index < -0.39 is 0 Å². The summed E-state index contributed by atoms with van der Waals surface area (Å²) in [7, 11) is 0. The van der Waals surface area contributed by atoms with Crippen molar-refractivity contribution < 1.29 is 5.89 Å². The molecule has 0 bridgehead atoms. The second kappa shape index (κ2) is 28.1. The van der Waals surface area contributed by atoms with Gasteiger partial charge in [0.05, 0.1) is 0 Å². The standard InChI is InChI=1S/Bi.2O.Sn.H. The topological polar surface area (TPSA) is 34.1 Å². The molecule has 0 saturated heterocycles. The van der Waals surface area contributed by atoms with Gasteiger partial charge in [-0.3, -0.25) is 0 Å². The van der Waals surface area contributed by atoms with Crippen molar-refractivity contribution >= 4 is 47.2 Å². The first-order chi connectivity index (χ1) is 2.00. The fourth-order valence-electron chi connectivity index (χ4n) is 0. The average Bonchev–Trinajstić information content (AvgIpc) is 1.50. The molecule has 2 nitrogen and oxygen atoms in total. The molecule has 0 aromatic carbocycles. The van der Waals surface area contributed by atoms with Gasteiger partial charge < -0.3 is 0 Å². The molecule has 0 spiro atoms. The Balaban J connectivity index is 0. The summed E-state index contributed by atoms with van der Waals surface area (Å²) in [5.74, 6) is 0. The van der Waals surface area contributed by atoms with Gasteiger partial charge in [0.15, 0.2) is 0 Å². The third kappa shape index (κ3) is 10.4. The maximum atomic E-state index is 8.39. The van der Waals surface area contributed by atoms with E-state index in [9.17, 15) is 0 Å². The SMILES string of the molecule is [O]=[BiH].[O]=[Sn]. The van der Waals surface area contributed by atoms with Crippen LogP contribution in [0.2, 0.25) is 0 Å². The summed E-state index contributed by atoms with van der Waals surface area (Å²) < 4.78 is 16.7. The molecular weight excluding hydrogens is 360 g/mol. The van der Waals surface area contributed by atoms with Crippen LogP contribution in [0.25, 0.3) is 0 Å². The molecule has 0 unspecified atom stereocenters. The molecule has 22 valence electrons. The predicted octanol–water partition coefficient (Wildman–Crippen LogP) is -1.27. The van der Waals surface area contributed by atoms with Gasteiger partial charge >= 0.3 is 53.1 Å². The Morgan fingerprint density at radius 3 is 1.25 bits per heavy atom. The van der Waals surface area contributed by atoms with E-state index in [0.29, 0.717) is 22.5 Å². The molecule has 0 atom stereocenters. The first-order valence-electron chi connectivity index (χ1n) is 0.408. The second-order valence-electron chi connectivity index (χ2n) is 0. The van der Waals surface area contributed by atoms with Crippen LogP contribution in [-0.2, 0) is 5.89 Å². The molecule has 0 saturated carbocycles. The van der Waals surface area contributed by atoms with Crippen LogP contribution in [0.5, 0.6) is 0 Å². The molecule has 0 rings (SSSR count). The average molecular weight is 361 g/mol. The van der Waals surface area contributed by atoms with E-state index >= 15 is 0 Å². The minimum absolute atomic E-state index is 0.0556. The van der Waals surface area contributed by atoms with Crippen LogP contribution in [-0.4, -0.2) is 47.2 Å². The Kier molecular flexibility index (Phi) is 63.1. The van der Waals surface area contributed by atoms with Gasteiger partial charge in [-0.1, -0.05) is 0 Å². The molecule has 0 aromatic heterocycles. The number of hydrogen-bond donors (Lipinski definition) is 0. The first-order valence-corrected chi connectivity index (χ1v) is 3.16. The normalized spacial score (nSPS) is 2.00. The van der Waals surface area contributed by atoms with Crippen molar-refractivity contribution in [3.05, 3.63) is 0 Å². The summed E-state index contributed by atoms with van der Waals surface area (Å²) in [4.78, 5) is 0. The summed E-state index contributed by atoms with van der Waals surface area (Å²) in [6, 6.07) is 0. The fourth-order valence-corrected chi connectivity index (χ4v) is 0. The van der Waals surface area contributed by atoms with Gasteiger partial charge in [-0.15, -0.1) is 0 Å². The van der Waals surface area contributed by atoms with E-state index in [4.69, 9.17) is 5.89 Å². The molecule has 0 aliphatic carbocycles. The van der Waals surface area contributed by atoms with Gasteiger partial charge in [0.25, 0.3) is 0 Å². The Morgan fingerprint density at radius 1 is 1.25 bits per heavy atom. The summed E-state index contributed by atoms with van der Waals surface area (Å²) in [5.41, 5.74) is 0.